The van der Waals surface area contributed by atoms with Crippen molar-refractivity contribution in [2.45, 2.75) is 40.2 Å². The smallest absolute Gasteiger partial charge is 0.266 e. The largest absolute Gasteiger partial charge is 0.333 e. The van der Waals surface area contributed by atoms with Gasteiger partial charge in [0.05, 0.1) is 5.69 Å². The number of carbonyl (C=O) groups excluding carboxylic acids is 1. The molecule has 5 heteroatoms. The van der Waals surface area contributed by atoms with E-state index in [1.807, 2.05) is 63.8 Å². The van der Waals surface area contributed by atoms with E-state index >= 15 is 0 Å². The van der Waals surface area contributed by atoms with Gasteiger partial charge < -0.3 is 4.90 Å². The first-order valence-electron chi connectivity index (χ1n) is 7.29. The third-order valence-electron chi connectivity index (χ3n) is 3.45. The molecule has 1 aromatic heterocycles. The molecule has 118 valence electrons. The van der Waals surface area contributed by atoms with Crippen molar-refractivity contribution in [1.82, 2.24) is 9.88 Å². The quantitative estimate of drug-likeness (QED) is 0.787. The first-order valence-corrected chi connectivity index (χ1v) is 8.48. The lowest BCUT2D eigenvalue weighted by Gasteiger charge is -2.34. The van der Waals surface area contributed by atoms with Crippen molar-refractivity contribution in [2.75, 3.05) is 6.54 Å². The molecular weight excluding hydrogens is 316 g/mol. The van der Waals surface area contributed by atoms with E-state index < -0.39 is 0 Å². The molecule has 22 heavy (non-hydrogen) atoms. The summed E-state index contributed by atoms with van der Waals surface area (Å²) >= 11 is 7.36. The second-order valence-corrected chi connectivity index (χ2v) is 7.60. The van der Waals surface area contributed by atoms with Gasteiger partial charge in [-0.25, -0.2) is 4.98 Å². The van der Waals surface area contributed by atoms with Gasteiger partial charge in [-0.15, -0.1) is 11.3 Å². The zero-order valence-electron chi connectivity index (χ0n) is 13.6. The highest BCUT2D eigenvalue weighted by Crippen LogP contribution is 2.30. The van der Waals surface area contributed by atoms with Gasteiger partial charge >= 0.3 is 0 Å². The van der Waals surface area contributed by atoms with Crippen LogP contribution >= 0.6 is 22.9 Å². The maximum Gasteiger partial charge on any atom is 0.266 e. The fraction of sp³-hybridized carbons (Fsp3) is 0.412. The summed E-state index contributed by atoms with van der Waals surface area (Å²) in [4.78, 5) is 20.0. The molecule has 0 aliphatic heterocycles. The van der Waals surface area contributed by atoms with Crippen molar-refractivity contribution in [2.24, 2.45) is 0 Å². The van der Waals surface area contributed by atoms with Gasteiger partial charge in [0.25, 0.3) is 5.91 Å². The summed E-state index contributed by atoms with van der Waals surface area (Å²) in [5.74, 6) is 0.0465. The van der Waals surface area contributed by atoms with Gasteiger partial charge in [0.15, 0.2) is 0 Å². The van der Waals surface area contributed by atoms with Crippen LogP contribution in [-0.2, 0) is 0 Å². The Morgan fingerprint density at radius 2 is 1.86 bits per heavy atom. The Kier molecular flexibility index (Phi) is 4.93. The third-order valence-corrected chi connectivity index (χ3v) is 4.90. The molecule has 0 fully saturated rings. The van der Waals surface area contributed by atoms with Gasteiger partial charge in [-0.3, -0.25) is 4.79 Å². The summed E-state index contributed by atoms with van der Waals surface area (Å²) in [6.07, 6.45) is 0. The van der Waals surface area contributed by atoms with Crippen molar-refractivity contribution in [3.8, 4) is 10.6 Å². The number of rotatable bonds is 3. The highest BCUT2D eigenvalue weighted by atomic mass is 35.5. The molecule has 2 aromatic rings. The SMILES string of the molecule is CCN(C(=O)c1sc(-c2ccc(Cl)cc2)nc1C)C(C)(C)C. The van der Waals surface area contributed by atoms with E-state index in [9.17, 15) is 4.79 Å². The minimum Gasteiger partial charge on any atom is -0.333 e. The molecule has 0 N–H and O–H groups in total. The minimum atomic E-state index is -0.206. The summed E-state index contributed by atoms with van der Waals surface area (Å²) in [5.41, 5.74) is 1.56. The van der Waals surface area contributed by atoms with Crippen molar-refractivity contribution < 1.29 is 4.79 Å². The van der Waals surface area contributed by atoms with Crippen LogP contribution in [0, 0.1) is 6.92 Å². The Balaban J connectivity index is 2.37. The van der Waals surface area contributed by atoms with E-state index in [0.29, 0.717) is 16.4 Å². The molecule has 1 heterocycles. The molecule has 0 aliphatic rings. The fourth-order valence-electron chi connectivity index (χ4n) is 2.36. The molecule has 1 amide bonds. The Hall–Kier alpha value is -1.39. The first-order chi connectivity index (χ1) is 10.2. The number of nitrogens with zero attached hydrogens (tertiary/aromatic N) is 2. The lowest BCUT2D eigenvalue weighted by atomic mass is 10.1. The molecule has 0 aliphatic carbocycles. The molecular formula is C17H21ClN2OS. The normalized spacial score (nSPS) is 11.5. The maximum atomic E-state index is 12.8. The highest BCUT2D eigenvalue weighted by molar-refractivity contribution is 7.17. The number of aromatic nitrogens is 1. The van der Waals surface area contributed by atoms with E-state index in [2.05, 4.69) is 4.98 Å². The van der Waals surface area contributed by atoms with Crippen LogP contribution in [0.4, 0.5) is 0 Å². The van der Waals surface area contributed by atoms with Crippen LogP contribution in [0.5, 0.6) is 0 Å². The third kappa shape index (κ3) is 3.50. The van der Waals surface area contributed by atoms with E-state index in [4.69, 9.17) is 11.6 Å². The summed E-state index contributed by atoms with van der Waals surface area (Å²) in [6.45, 7) is 10.7. The number of carbonyl (C=O) groups is 1. The average molecular weight is 337 g/mol. The molecule has 0 saturated carbocycles. The highest BCUT2D eigenvalue weighted by Gasteiger charge is 2.28. The first kappa shape index (κ1) is 17.0. The molecule has 0 spiro atoms. The predicted octanol–water partition coefficient (Wildman–Crippen LogP) is 5.03. The van der Waals surface area contributed by atoms with Crippen LogP contribution in [0.25, 0.3) is 10.6 Å². The van der Waals surface area contributed by atoms with Crippen molar-refractivity contribution in [3.05, 3.63) is 39.9 Å². The minimum absolute atomic E-state index is 0.0465. The van der Waals surface area contributed by atoms with Gasteiger partial charge in [0, 0.05) is 22.7 Å². The van der Waals surface area contributed by atoms with Gasteiger partial charge in [0.1, 0.15) is 9.88 Å². The zero-order valence-corrected chi connectivity index (χ0v) is 15.2. The molecule has 3 nitrogen and oxygen atoms in total. The van der Waals surface area contributed by atoms with Gasteiger partial charge in [-0.2, -0.15) is 0 Å². The Morgan fingerprint density at radius 1 is 1.27 bits per heavy atom. The second-order valence-electron chi connectivity index (χ2n) is 6.16. The lowest BCUT2D eigenvalue weighted by Crippen LogP contribution is -2.45. The number of hydrogen-bond donors (Lipinski definition) is 0. The van der Waals surface area contributed by atoms with E-state index in [1.165, 1.54) is 11.3 Å². The van der Waals surface area contributed by atoms with Crippen LogP contribution in [0.2, 0.25) is 5.02 Å². The summed E-state index contributed by atoms with van der Waals surface area (Å²) in [7, 11) is 0. The Morgan fingerprint density at radius 3 is 2.36 bits per heavy atom. The maximum absolute atomic E-state index is 12.8. The van der Waals surface area contributed by atoms with Crippen LogP contribution in [0.3, 0.4) is 0 Å². The predicted molar refractivity (Wildman–Crippen MR) is 93.8 cm³/mol. The number of benzene rings is 1. The van der Waals surface area contributed by atoms with E-state index in [1.54, 1.807) is 0 Å². The molecule has 0 radical (unpaired) electrons. The number of amides is 1. The average Bonchev–Trinajstić information content (AvgIpc) is 2.80. The summed E-state index contributed by atoms with van der Waals surface area (Å²) in [6, 6.07) is 7.53. The number of aryl methyl sites for hydroxylation is 1. The molecule has 0 unspecified atom stereocenters. The molecule has 1 aromatic carbocycles. The summed E-state index contributed by atoms with van der Waals surface area (Å²) in [5, 5.41) is 1.54. The van der Waals surface area contributed by atoms with Gasteiger partial charge in [-0.1, -0.05) is 23.7 Å². The van der Waals surface area contributed by atoms with Crippen LogP contribution in [0.1, 0.15) is 43.1 Å². The Bertz CT molecular complexity index is 671. The molecule has 0 bridgehead atoms. The van der Waals surface area contributed by atoms with Crippen LogP contribution < -0.4 is 0 Å². The van der Waals surface area contributed by atoms with E-state index in [-0.39, 0.29) is 11.4 Å². The van der Waals surface area contributed by atoms with E-state index in [0.717, 1.165) is 16.3 Å². The summed E-state index contributed by atoms with van der Waals surface area (Å²) < 4.78 is 0. The zero-order chi connectivity index (χ0) is 16.5. The Labute approximate surface area is 140 Å². The molecule has 2 rings (SSSR count). The van der Waals surface area contributed by atoms with Gasteiger partial charge in [-0.05, 0) is 46.8 Å². The lowest BCUT2D eigenvalue weighted by molar-refractivity contribution is 0.0603. The topological polar surface area (TPSA) is 33.2 Å². The van der Waals surface area contributed by atoms with Crippen molar-refractivity contribution in [1.29, 1.82) is 0 Å². The molecule has 0 atom stereocenters. The van der Waals surface area contributed by atoms with Crippen LogP contribution in [0.15, 0.2) is 24.3 Å². The molecule has 0 saturated heterocycles. The number of hydrogen-bond acceptors (Lipinski definition) is 3. The van der Waals surface area contributed by atoms with Crippen molar-refractivity contribution in [3.63, 3.8) is 0 Å². The fourth-order valence-corrected chi connectivity index (χ4v) is 3.50. The second kappa shape index (κ2) is 6.39. The standard InChI is InChI=1S/C17H21ClN2OS/c1-6-20(17(3,4)5)16(21)14-11(2)19-15(22-14)12-7-9-13(18)10-8-12/h7-10H,6H2,1-5H3. The van der Waals surface area contributed by atoms with Gasteiger partial charge in [0.2, 0.25) is 0 Å². The monoisotopic (exact) mass is 336 g/mol. The number of halogens is 1. The van der Waals surface area contributed by atoms with Crippen LogP contribution in [-0.4, -0.2) is 27.9 Å². The van der Waals surface area contributed by atoms with Crippen molar-refractivity contribution >= 4 is 28.8 Å². The number of thiazole rings is 1.